The molecule has 9 nitrogen and oxygen atoms in total. The second-order valence-corrected chi connectivity index (χ2v) is 9.27. The average molecular weight is 455 g/mol. The highest BCUT2D eigenvalue weighted by Crippen LogP contribution is 2.42. The Morgan fingerprint density at radius 2 is 1.70 bits per heavy atom. The van der Waals surface area contributed by atoms with E-state index in [0.717, 1.165) is 17.0 Å². The molecule has 0 saturated heterocycles. The van der Waals surface area contributed by atoms with Gasteiger partial charge in [0.1, 0.15) is 16.9 Å². The van der Waals surface area contributed by atoms with Crippen molar-refractivity contribution in [1.29, 1.82) is 0 Å². The molecular weight excluding hydrogens is 435 g/mol. The zero-order valence-electron chi connectivity index (χ0n) is 16.9. The topological polar surface area (TPSA) is 108 Å². The Bertz CT molecular complexity index is 980. The zero-order valence-corrected chi connectivity index (χ0v) is 17.7. The van der Waals surface area contributed by atoms with Crippen molar-refractivity contribution in [2.75, 3.05) is 11.9 Å². The van der Waals surface area contributed by atoms with Crippen LogP contribution in [0.4, 0.5) is 23.7 Å². The van der Waals surface area contributed by atoms with Crippen molar-refractivity contribution in [3.63, 3.8) is 0 Å². The van der Waals surface area contributed by atoms with Crippen molar-refractivity contribution in [2.45, 2.75) is 51.5 Å². The van der Waals surface area contributed by atoms with Crippen LogP contribution in [0.25, 0.3) is 0 Å². The number of nitrogens with zero attached hydrogens (tertiary/aromatic N) is 1. The predicted molar refractivity (Wildman–Crippen MR) is 96.8 cm³/mol. The molecule has 0 atom stereocenters. The molecule has 0 aliphatic carbocycles. The van der Waals surface area contributed by atoms with E-state index in [1.165, 1.54) is 20.9 Å². The lowest BCUT2D eigenvalue weighted by atomic mass is 10.1. The highest BCUT2D eigenvalue weighted by Gasteiger charge is 2.50. The van der Waals surface area contributed by atoms with E-state index in [0.29, 0.717) is 0 Å². The van der Waals surface area contributed by atoms with Crippen LogP contribution < -0.4 is 13.8 Å². The molecule has 0 spiro atoms. The molecule has 0 aromatic heterocycles. The first kappa shape index (κ1) is 23.6. The van der Waals surface area contributed by atoms with E-state index in [2.05, 4.69) is 4.18 Å². The van der Waals surface area contributed by atoms with E-state index in [4.69, 9.17) is 14.2 Å². The van der Waals surface area contributed by atoms with Crippen LogP contribution in [0.1, 0.15) is 45.0 Å². The molecule has 1 heterocycles. The lowest BCUT2D eigenvalue weighted by molar-refractivity contribution is -0.127. The van der Waals surface area contributed by atoms with Gasteiger partial charge in [-0.25, -0.2) is 9.59 Å². The number of esters is 1. The summed E-state index contributed by atoms with van der Waals surface area (Å²) < 4.78 is 81.1. The Kier molecular flexibility index (Phi) is 5.67. The molecule has 30 heavy (non-hydrogen) atoms. The Morgan fingerprint density at radius 3 is 2.20 bits per heavy atom. The summed E-state index contributed by atoms with van der Waals surface area (Å²) in [6.45, 7) is 7.49. The molecule has 1 aliphatic heterocycles. The quantitative estimate of drug-likeness (QED) is 0.387. The van der Waals surface area contributed by atoms with Gasteiger partial charge in [0.15, 0.2) is 5.75 Å². The van der Waals surface area contributed by atoms with Crippen LogP contribution in [-0.4, -0.2) is 44.4 Å². The lowest BCUT2D eigenvalue weighted by Gasteiger charge is -2.33. The van der Waals surface area contributed by atoms with Gasteiger partial charge in [0.25, 0.3) is 0 Å². The largest absolute Gasteiger partial charge is 0.534 e. The summed E-state index contributed by atoms with van der Waals surface area (Å²) in [6.07, 6.45) is -0.898. The number of alkyl halides is 3. The van der Waals surface area contributed by atoms with E-state index >= 15 is 0 Å². The minimum absolute atomic E-state index is 0.152. The molecular formula is C17H20F3NO8S. The predicted octanol–water partition coefficient (Wildman–Crippen LogP) is 3.57. The van der Waals surface area contributed by atoms with Gasteiger partial charge in [-0.15, -0.1) is 0 Å². The van der Waals surface area contributed by atoms with Crippen molar-refractivity contribution < 1.29 is 49.6 Å². The fraction of sp³-hybridized carbons (Fsp3) is 0.529. The molecule has 13 heteroatoms. The number of hydrogen-bond acceptors (Lipinski definition) is 8. The fourth-order valence-corrected chi connectivity index (χ4v) is 2.74. The number of rotatable bonds is 3. The average Bonchev–Trinajstić information content (AvgIpc) is 2.48. The van der Waals surface area contributed by atoms with Crippen LogP contribution in [-0.2, 0) is 19.6 Å². The Hall–Kier alpha value is -2.70. The Labute approximate surface area is 170 Å². The summed E-state index contributed by atoms with van der Waals surface area (Å²) in [5.74, 6) is -4.03. The smallest absolute Gasteiger partial charge is 0.452 e. The summed E-state index contributed by atoms with van der Waals surface area (Å²) in [7, 11) is -4.90. The molecule has 1 aromatic rings. The summed E-state index contributed by atoms with van der Waals surface area (Å²) in [4.78, 5) is 25.5. The van der Waals surface area contributed by atoms with Gasteiger partial charge in [-0.3, -0.25) is 4.90 Å². The van der Waals surface area contributed by atoms with Crippen molar-refractivity contribution in [2.24, 2.45) is 0 Å². The molecule has 168 valence electrons. The van der Waals surface area contributed by atoms with Crippen LogP contribution in [0.15, 0.2) is 12.1 Å². The number of ether oxygens (including phenoxy) is 3. The van der Waals surface area contributed by atoms with Gasteiger partial charge >= 0.3 is 27.7 Å². The second kappa shape index (κ2) is 7.22. The normalized spacial score (nSPS) is 16.1. The number of carbonyl (C=O) groups excluding carboxylic acids is 2. The van der Waals surface area contributed by atoms with Gasteiger partial charge in [-0.1, -0.05) is 0 Å². The maximum absolute atomic E-state index is 12.8. The Morgan fingerprint density at radius 1 is 1.13 bits per heavy atom. The van der Waals surface area contributed by atoms with Gasteiger partial charge in [-0.2, -0.15) is 21.6 Å². The molecule has 0 unspecified atom stereocenters. The third kappa shape index (κ3) is 5.07. The number of fused-ring (bicyclic) bond motifs is 1. The third-order valence-electron chi connectivity index (χ3n) is 3.49. The van der Waals surface area contributed by atoms with Crippen LogP contribution in [0.2, 0.25) is 0 Å². The molecule has 1 amide bonds. The summed E-state index contributed by atoms with van der Waals surface area (Å²) >= 11 is 0. The first-order valence-corrected chi connectivity index (χ1v) is 9.82. The molecule has 0 saturated carbocycles. The number of hydrogen-bond donors (Lipinski definition) is 0. The van der Waals surface area contributed by atoms with Crippen molar-refractivity contribution in [1.82, 2.24) is 0 Å². The van der Waals surface area contributed by atoms with Gasteiger partial charge in [0.2, 0.25) is 5.79 Å². The van der Waals surface area contributed by atoms with Crippen molar-refractivity contribution >= 4 is 27.9 Å². The second-order valence-electron chi connectivity index (χ2n) is 7.73. The monoisotopic (exact) mass is 455 g/mol. The first-order valence-electron chi connectivity index (χ1n) is 8.41. The summed E-state index contributed by atoms with van der Waals surface area (Å²) in [5, 5.41) is 0. The minimum atomic E-state index is -6.13. The maximum atomic E-state index is 12.8. The standard InChI is InChI=1S/C17H20F3NO8S/c1-15(2,3)28-14(23)21(6)9-7-10-12(13(22)27-16(4,5)26-10)11(8-9)29-30(24,25)17(18,19)20/h7-8H,1-6H3. The first-order chi connectivity index (χ1) is 13.3. The van der Waals surface area contributed by atoms with Gasteiger partial charge in [0.05, 0.1) is 5.69 Å². The summed E-state index contributed by atoms with van der Waals surface area (Å²) in [5.41, 5.74) is -7.48. The van der Waals surface area contributed by atoms with Gasteiger partial charge in [0, 0.05) is 33.0 Å². The third-order valence-corrected chi connectivity index (χ3v) is 4.45. The number of halogens is 3. The van der Waals surface area contributed by atoms with E-state index in [1.807, 2.05) is 0 Å². The van der Waals surface area contributed by atoms with Gasteiger partial charge < -0.3 is 18.4 Å². The van der Waals surface area contributed by atoms with E-state index in [9.17, 15) is 31.2 Å². The number of amides is 1. The number of benzene rings is 1. The molecule has 1 aromatic carbocycles. The lowest BCUT2D eigenvalue weighted by Crippen LogP contribution is -2.40. The van der Waals surface area contributed by atoms with E-state index in [-0.39, 0.29) is 11.4 Å². The fourth-order valence-electron chi connectivity index (χ4n) is 2.28. The van der Waals surface area contributed by atoms with E-state index in [1.54, 1.807) is 20.8 Å². The van der Waals surface area contributed by atoms with Crippen LogP contribution >= 0.6 is 0 Å². The number of carbonyl (C=O) groups is 2. The highest BCUT2D eigenvalue weighted by molar-refractivity contribution is 7.88. The number of cyclic esters (lactones) is 1. The molecule has 1 aliphatic rings. The SMILES string of the molecule is CN(C(=O)OC(C)(C)C)c1cc2c(c(OS(=O)(=O)C(F)(F)F)c1)C(=O)OC(C)(C)O2. The minimum Gasteiger partial charge on any atom is -0.452 e. The van der Waals surface area contributed by atoms with Crippen molar-refractivity contribution in [3.05, 3.63) is 17.7 Å². The van der Waals surface area contributed by atoms with Crippen molar-refractivity contribution in [3.8, 4) is 11.5 Å². The van der Waals surface area contributed by atoms with E-state index < -0.39 is 50.4 Å². The van der Waals surface area contributed by atoms with Gasteiger partial charge in [-0.05, 0) is 20.8 Å². The molecule has 2 rings (SSSR count). The molecule has 0 radical (unpaired) electrons. The van der Waals surface area contributed by atoms with Crippen LogP contribution in [0.3, 0.4) is 0 Å². The molecule has 0 fully saturated rings. The highest BCUT2D eigenvalue weighted by atomic mass is 32.2. The summed E-state index contributed by atoms with van der Waals surface area (Å²) in [6, 6.07) is 1.91. The Balaban J connectivity index is 2.62. The molecule has 0 bridgehead atoms. The maximum Gasteiger partial charge on any atom is 0.534 e. The van der Waals surface area contributed by atoms with Crippen LogP contribution in [0.5, 0.6) is 11.5 Å². The number of anilines is 1. The molecule has 0 N–H and O–H groups in total. The zero-order chi connectivity index (χ0) is 23.3. The van der Waals surface area contributed by atoms with Crippen LogP contribution in [0, 0.1) is 0 Å².